The summed E-state index contributed by atoms with van der Waals surface area (Å²) in [6.07, 6.45) is 92.0. The van der Waals surface area contributed by atoms with E-state index in [1.54, 1.807) is 6.08 Å². The van der Waals surface area contributed by atoms with Gasteiger partial charge in [0.25, 0.3) is 0 Å². The van der Waals surface area contributed by atoms with Gasteiger partial charge in [0.15, 0.2) is 0 Å². The molecule has 0 heterocycles. The van der Waals surface area contributed by atoms with Crippen LogP contribution in [0.3, 0.4) is 0 Å². The average Bonchev–Trinajstić information content (AvgIpc) is 3.47. The third-order valence-electron chi connectivity index (χ3n) is 16.8. The van der Waals surface area contributed by atoms with E-state index in [1.165, 1.54) is 315 Å². The molecule has 0 radical (unpaired) electrons. The highest BCUT2D eigenvalue weighted by molar-refractivity contribution is 5.76. The molecule has 0 aromatic carbocycles. The number of rotatable bonds is 68. The number of carbonyl (C=O) groups excluding carboxylic acids is 2. The van der Waals surface area contributed by atoms with Crippen LogP contribution in [-0.2, 0) is 14.3 Å². The first kappa shape index (κ1) is 78.8. The number of nitrogens with one attached hydrogen (secondary N) is 1. The number of aliphatic hydroxyl groups excluding tert-OH is 2. The lowest BCUT2D eigenvalue weighted by atomic mass is 10.0. The van der Waals surface area contributed by atoms with Crippen molar-refractivity contribution in [3.63, 3.8) is 0 Å². The van der Waals surface area contributed by atoms with Crippen molar-refractivity contribution in [3.05, 3.63) is 48.6 Å². The van der Waals surface area contributed by atoms with Crippen LogP contribution in [0.5, 0.6) is 0 Å². The summed E-state index contributed by atoms with van der Waals surface area (Å²) < 4.78 is 5.50. The molecule has 0 bridgehead atoms. The van der Waals surface area contributed by atoms with Gasteiger partial charge in [-0.2, -0.15) is 0 Å². The second-order valence-corrected chi connectivity index (χ2v) is 24.9. The molecule has 2 atom stereocenters. The topological polar surface area (TPSA) is 95.9 Å². The zero-order valence-corrected chi connectivity index (χ0v) is 54.5. The predicted molar refractivity (Wildman–Crippen MR) is 356 cm³/mol. The van der Waals surface area contributed by atoms with Gasteiger partial charge < -0.3 is 20.3 Å². The zero-order chi connectivity index (χ0) is 58.5. The van der Waals surface area contributed by atoms with E-state index in [2.05, 4.69) is 55.6 Å². The minimum Gasteiger partial charge on any atom is -0.466 e. The molecular formula is C75H141NO5. The van der Waals surface area contributed by atoms with Crippen LogP contribution in [0, 0.1) is 0 Å². The molecule has 0 fully saturated rings. The Morgan fingerprint density at radius 2 is 0.617 bits per heavy atom. The lowest BCUT2D eigenvalue weighted by Crippen LogP contribution is -2.45. The van der Waals surface area contributed by atoms with Gasteiger partial charge in [-0.1, -0.05) is 339 Å². The predicted octanol–water partition coefficient (Wildman–Crippen LogP) is 23.6. The maximum absolute atomic E-state index is 12.5. The van der Waals surface area contributed by atoms with Crippen molar-refractivity contribution in [2.24, 2.45) is 0 Å². The molecule has 0 aromatic rings. The molecule has 0 saturated heterocycles. The molecule has 0 saturated carbocycles. The largest absolute Gasteiger partial charge is 0.466 e. The smallest absolute Gasteiger partial charge is 0.305 e. The number of ether oxygens (including phenoxy) is 1. The molecule has 81 heavy (non-hydrogen) atoms. The van der Waals surface area contributed by atoms with Gasteiger partial charge >= 0.3 is 5.97 Å². The van der Waals surface area contributed by atoms with Crippen LogP contribution in [0.25, 0.3) is 0 Å². The summed E-state index contributed by atoms with van der Waals surface area (Å²) >= 11 is 0. The summed E-state index contributed by atoms with van der Waals surface area (Å²) in [5.74, 6) is -0.0555. The highest BCUT2D eigenvalue weighted by atomic mass is 16.5. The Hall–Kier alpha value is -2.18. The van der Waals surface area contributed by atoms with Crippen molar-refractivity contribution in [3.8, 4) is 0 Å². The van der Waals surface area contributed by atoms with E-state index in [-0.39, 0.29) is 18.5 Å². The van der Waals surface area contributed by atoms with Gasteiger partial charge in [-0.05, 0) is 89.9 Å². The van der Waals surface area contributed by atoms with Gasteiger partial charge in [-0.15, -0.1) is 0 Å². The summed E-state index contributed by atoms with van der Waals surface area (Å²) in [4.78, 5) is 24.6. The Labute approximate surface area is 506 Å². The molecule has 1 amide bonds. The second kappa shape index (κ2) is 70.3. The lowest BCUT2D eigenvalue weighted by molar-refractivity contribution is -0.143. The van der Waals surface area contributed by atoms with E-state index in [0.29, 0.717) is 19.4 Å². The summed E-state index contributed by atoms with van der Waals surface area (Å²) in [6.45, 7) is 4.92. The molecule has 0 rings (SSSR count). The quantitative estimate of drug-likeness (QED) is 0.0320. The van der Waals surface area contributed by atoms with Crippen LogP contribution >= 0.6 is 0 Å². The van der Waals surface area contributed by atoms with E-state index >= 15 is 0 Å². The third-order valence-corrected chi connectivity index (χ3v) is 16.8. The molecular weight excluding hydrogens is 995 g/mol. The molecule has 0 aromatic heterocycles. The van der Waals surface area contributed by atoms with Gasteiger partial charge in [-0.3, -0.25) is 9.59 Å². The van der Waals surface area contributed by atoms with Crippen LogP contribution in [0.15, 0.2) is 48.6 Å². The molecule has 0 spiro atoms. The normalized spacial score (nSPS) is 12.8. The number of aliphatic hydroxyl groups is 2. The number of unbranched alkanes of at least 4 members (excludes halogenated alkanes) is 51. The van der Waals surface area contributed by atoms with Gasteiger partial charge in [-0.25, -0.2) is 0 Å². The first-order chi connectivity index (χ1) is 40.0. The minimum absolute atomic E-state index is 0.00978. The van der Waals surface area contributed by atoms with Gasteiger partial charge in [0.2, 0.25) is 5.91 Å². The van der Waals surface area contributed by atoms with E-state index in [1.807, 2.05) is 6.08 Å². The number of hydrogen-bond acceptors (Lipinski definition) is 5. The van der Waals surface area contributed by atoms with Crippen molar-refractivity contribution in [2.45, 2.75) is 405 Å². The van der Waals surface area contributed by atoms with Crippen LogP contribution < -0.4 is 5.32 Å². The zero-order valence-electron chi connectivity index (χ0n) is 54.5. The number of hydrogen-bond donors (Lipinski definition) is 3. The van der Waals surface area contributed by atoms with Crippen LogP contribution in [-0.4, -0.2) is 47.4 Å². The monoisotopic (exact) mass is 1140 g/mol. The number of esters is 1. The molecule has 0 aliphatic heterocycles. The fourth-order valence-electron chi connectivity index (χ4n) is 11.3. The van der Waals surface area contributed by atoms with Gasteiger partial charge in [0.05, 0.1) is 25.4 Å². The Kier molecular flexibility index (Phi) is 68.4. The van der Waals surface area contributed by atoms with Crippen LogP contribution in [0.1, 0.15) is 393 Å². The Bertz CT molecular complexity index is 1360. The fraction of sp³-hybridized carbons (Fsp3) is 0.867. The van der Waals surface area contributed by atoms with Crippen LogP contribution in [0.4, 0.5) is 0 Å². The van der Waals surface area contributed by atoms with Crippen molar-refractivity contribution in [1.82, 2.24) is 5.32 Å². The number of carbonyl (C=O) groups is 2. The standard InChI is InChI=1S/C75H141NO5/c1-3-5-7-9-11-13-15-17-19-36-41-45-49-53-57-61-65-69-75(80)81-70-66-62-58-54-50-46-42-38-35-33-31-29-27-25-23-21-22-24-26-28-30-32-34-37-40-44-48-52-56-60-64-68-74(79)76-72(71-77)73(78)67-63-59-55-51-47-43-39-20-18-16-14-12-10-8-6-4-2/h17,19,23,25,29,31,63,67,72-73,77-78H,3-16,18,20-22,24,26-28,30,32-62,64-66,68-71H2,1-2H3,(H,76,79)/b19-17-,25-23-,31-29-,67-63+. The van der Waals surface area contributed by atoms with E-state index in [9.17, 15) is 19.8 Å². The first-order valence-electron chi connectivity index (χ1n) is 36.4. The Balaban J connectivity index is 3.40. The van der Waals surface area contributed by atoms with Crippen molar-refractivity contribution in [2.75, 3.05) is 13.2 Å². The van der Waals surface area contributed by atoms with Crippen molar-refractivity contribution in [1.29, 1.82) is 0 Å². The SMILES string of the molecule is CCCCCCCC/C=C\CCCCCCCCCC(=O)OCCCCCCCCCCC/C=C\C/C=C\CCCCCCCCCCCCCCCCCC(=O)NC(CO)C(O)/C=C/CCCCCCCCCCCCCCCC. The van der Waals surface area contributed by atoms with E-state index < -0.39 is 12.1 Å². The van der Waals surface area contributed by atoms with Gasteiger partial charge in [0, 0.05) is 12.8 Å². The second-order valence-electron chi connectivity index (χ2n) is 24.9. The summed E-state index contributed by atoms with van der Waals surface area (Å²) in [6, 6.07) is -0.628. The molecule has 0 aliphatic carbocycles. The lowest BCUT2D eigenvalue weighted by Gasteiger charge is -2.20. The first-order valence-corrected chi connectivity index (χ1v) is 36.4. The van der Waals surface area contributed by atoms with Gasteiger partial charge in [0.1, 0.15) is 0 Å². The van der Waals surface area contributed by atoms with Crippen molar-refractivity contribution >= 4 is 11.9 Å². The Morgan fingerprint density at radius 1 is 0.346 bits per heavy atom. The average molecular weight is 1140 g/mol. The highest BCUT2D eigenvalue weighted by Gasteiger charge is 2.18. The highest BCUT2D eigenvalue weighted by Crippen LogP contribution is 2.18. The molecule has 3 N–H and O–H groups in total. The molecule has 6 nitrogen and oxygen atoms in total. The van der Waals surface area contributed by atoms with Crippen molar-refractivity contribution < 1.29 is 24.5 Å². The van der Waals surface area contributed by atoms with Crippen LogP contribution in [0.2, 0.25) is 0 Å². The third kappa shape index (κ3) is 66.8. The number of allylic oxidation sites excluding steroid dienone is 7. The maximum atomic E-state index is 12.5. The van der Waals surface area contributed by atoms with E-state index in [4.69, 9.17) is 4.74 Å². The summed E-state index contributed by atoms with van der Waals surface area (Å²) in [5.41, 5.74) is 0. The molecule has 476 valence electrons. The maximum Gasteiger partial charge on any atom is 0.305 e. The molecule has 0 aliphatic rings. The number of amides is 1. The van der Waals surface area contributed by atoms with E-state index in [0.717, 1.165) is 51.4 Å². The fourth-order valence-corrected chi connectivity index (χ4v) is 11.3. The summed E-state index contributed by atoms with van der Waals surface area (Å²) in [7, 11) is 0. The summed E-state index contributed by atoms with van der Waals surface area (Å²) in [5, 5.41) is 23.2. The Morgan fingerprint density at radius 3 is 0.951 bits per heavy atom. The molecule has 6 heteroatoms. The molecule has 2 unspecified atom stereocenters. The minimum atomic E-state index is -0.845.